The summed E-state index contributed by atoms with van der Waals surface area (Å²) in [5.74, 6) is 0.962. The lowest BCUT2D eigenvalue weighted by atomic mass is 9.96. The molecule has 1 N–H and O–H groups in total. The Hall–Kier alpha value is -1.06. The molecule has 1 unspecified atom stereocenters. The lowest BCUT2D eigenvalue weighted by Crippen LogP contribution is -2.49. The molecular formula is C18H28N2O. The topological polar surface area (TPSA) is 24.5 Å². The summed E-state index contributed by atoms with van der Waals surface area (Å²) in [5, 5.41) is 3.86. The van der Waals surface area contributed by atoms with Crippen molar-refractivity contribution in [1.29, 1.82) is 0 Å². The normalized spacial score (nSPS) is 25.9. The molecule has 3 nitrogen and oxygen atoms in total. The van der Waals surface area contributed by atoms with E-state index in [1.54, 1.807) is 7.11 Å². The van der Waals surface area contributed by atoms with Crippen LogP contribution in [0.4, 0.5) is 0 Å². The zero-order valence-electron chi connectivity index (χ0n) is 13.4. The average molecular weight is 288 g/mol. The van der Waals surface area contributed by atoms with E-state index in [-0.39, 0.29) is 0 Å². The van der Waals surface area contributed by atoms with Gasteiger partial charge in [0.2, 0.25) is 0 Å². The second-order valence-corrected chi connectivity index (χ2v) is 6.81. The molecule has 1 spiro atoms. The molecule has 1 atom stereocenters. The van der Waals surface area contributed by atoms with Crippen molar-refractivity contribution >= 4 is 0 Å². The third-order valence-corrected chi connectivity index (χ3v) is 5.27. The molecule has 3 heteroatoms. The molecular weight excluding hydrogens is 260 g/mol. The number of nitrogens with zero attached hydrogens (tertiary/aromatic N) is 1. The summed E-state index contributed by atoms with van der Waals surface area (Å²) < 4.78 is 5.36. The number of rotatable bonds is 3. The van der Waals surface area contributed by atoms with Crippen LogP contribution >= 0.6 is 0 Å². The van der Waals surface area contributed by atoms with Crippen LogP contribution in [-0.2, 0) is 6.54 Å². The first-order chi connectivity index (χ1) is 10.2. The minimum Gasteiger partial charge on any atom is -0.497 e. The monoisotopic (exact) mass is 288 g/mol. The van der Waals surface area contributed by atoms with E-state index in [1.807, 2.05) is 6.07 Å². The summed E-state index contributed by atoms with van der Waals surface area (Å²) in [4.78, 5) is 2.67. The predicted molar refractivity (Wildman–Crippen MR) is 86.7 cm³/mol. The fraction of sp³-hybridized carbons (Fsp3) is 0.667. The van der Waals surface area contributed by atoms with Crippen molar-refractivity contribution in [2.24, 2.45) is 0 Å². The molecule has 2 aliphatic rings. The highest BCUT2D eigenvalue weighted by molar-refractivity contribution is 5.28. The zero-order chi connectivity index (χ0) is 14.7. The van der Waals surface area contributed by atoms with Crippen LogP contribution in [0.5, 0.6) is 5.75 Å². The van der Waals surface area contributed by atoms with Gasteiger partial charge in [0.15, 0.2) is 0 Å². The lowest BCUT2D eigenvalue weighted by molar-refractivity contribution is 0.160. The molecule has 1 aromatic rings. The Labute approximate surface area is 128 Å². The van der Waals surface area contributed by atoms with Crippen LogP contribution in [0.3, 0.4) is 0 Å². The first kappa shape index (κ1) is 14.9. The Kier molecular flexibility index (Phi) is 4.51. The Morgan fingerprint density at radius 1 is 1.33 bits per heavy atom. The molecule has 1 saturated carbocycles. The summed E-state index contributed by atoms with van der Waals surface area (Å²) in [6.07, 6.45) is 6.69. The maximum atomic E-state index is 5.36. The molecule has 0 amide bonds. The number of ether oxygens (including phenoxy) is 1. The molecule has 21 heavy (non-hydrogen) atoms. The van der Waals surface area contributed by atoms with Crippen molar-refractivity contribution in [2.75, 3.05) is 20.2 Å². The summed E-state index contributed by atoms with van der Waals surface area (Å²) in [7, 11) is 1.74. The van der Waals surface area contributed by atoms with E-state index in [0.717, 1.165) is 18.8 Å². The summed E-state index contributed by atoms with van der Waals surface area (Å²) in [5.41, 5.74) is 1.74. The zero-order valence-corrected chi connectivity index (χ0v) is 13.4. The highest BCUT2D eigenvalue weighted by atomic mass is 16.5. The standard InChI is InChI=1S/C18H28N2O/c1-15-8-11-19-18(9-3-4-10-18)14-20(15)13-16-6-5-7-17(12-16)21-2/h5-7,12,15,19H,3-4,8-11,13-14H2,1-2H3. The minimum absolute atomic E-state index is 0.379. The smallest absolute Gasteiger partial charge is 0.119 e. The number of nitrogens with one attached hydrogen (secondary N) is 1. The van der Waals surface area contributed by atoms with Crippen LogP contribution in [0.2, 0.25) is 0 Å². The van der Waals surface area contributed by atoms with Crippen LogP contribution < -0.4 is 10.1 Å². The predicted octanol–water partition coefficient (Wildman–Crippen LogP) is 3.19. The van der Waals surface area contributed by atoms with Crippen molar-refractivity contribution in [3.05, 3.63) is 29.8 Å². The number of hydrogen-bond donors (Lipinski definition) is 1. The van der Waals surface area contributed by atoms with Gasteiger partial charge in [-0.05, 0) is 50.4 Å². The van der Waals surface area contributed by atoms with E-state index >= 15 is 0 Å². The molecule has 3 rings (SSSR count). The minimum atomic E-state index is 0.379. The van der Waals surface area contributed by atoms with E-state index in [9.17, 15) is 0 Å². The maximum Gasteiger partial charge on any atom is 0.119 e. The highest BCUT2D eigenvalue weighted by Crippen LogP contribution is 2.33. The molecule has 2 fully saturated rings. The molecule has 0 aromatic heterocycles. The SMILES string of the molecule is COc1cccc(CN2CC3(CCCC3)NCCC2C)c1. The van der Waals surface area contributed by atoms with Crippen LogP contribution in [0.25, 0.3) is 0 Å². The van der Waals surface area contributed by atoms with Gasteiger partial charge >= 0.3 is 0 Å². The molecule has 0 radical (unpaired) electrons. The molecule has 1 aliphatic heterocycles. The van der Waals surface area contributed by atoms with E-state index < -0.39 is 0 Å². The van der Waals surface area contributed by atoms with Crippen LogP contribution in [0.15, 0.2) is 24.3 Å². The molecule has 116 valence electrons. The van der Waals surface area contributed by atoms with Gasteiger partial charge in [0.05, 0.1) is 7.11 Å². The largest absolute Gasteiger partial charge is 0.497 e. The Morgan fingerprint density at radius 3 is 2.90 bits per heavy atom. The molecule has 1 aromatic carbocycles. The fourth-order valence-electron chi connectivity index (χ4n) is 3.93. The van der Waals surface area contributed by atoms with Gasteiger partial charge in [-0.1, -0.05) is 25.0 Å². The highest BCUT2D eigenvalue weighted by Gasteiger charge is 2.37. The third-order valence-electron chi connectivity index (χ3n) is 5.27. The first-order valence-electron chi connectivity index (χ1n) is 8.33. The van der Waals surface area contributed by atoms with Crippen LogP contribution in [0, 0.1) is 0 Å². The van der Waals surface area contributed by atoms with Gasteiger partial charge < -0.3 is 10.1 Å². The quantitative estimate of drug-likeness (QED) is 0.924. The number of methoxy groups -OCH3 is 1. The van der Waals surface area contributed by atoms with Crippen molar-refractivity contribution < 1.29 is 4.74 Å². The first-order valence-corrected chi connectivity index (χ1v) is 8.33. The van der Waals surface area contributed by atoms with E-state index in [4.69, 9.17) is 4.74 Å². The summed E-state index contributed by atoms with van der Waals surface area (Å²) >= 11 is 0. The van der Waals surface area contributed by atoms with Gasteiger partial charge in [0, 0.05) is 24.7 Å². The molecule has 1 aliphatic carbocycles. The third kappa shape index (κ3) is 3.41. The fourth-order valence-corrected chi connectivity index (χ4v) is 3.93. The van der Waals surface area contributed by atoms with Gasteiger partial charge in [-0.15, -0.1) is 0 Å². The molecule has 0 bridgehead atoms. The van der Waals surface area contributed by atoms with E-state index in [2.05, 4.69) is 35.3 Å². The average Bonchev–Trinajstić information content (AvgIpc) is 2.89. The second-order valence-electron chi connectivity index (χ2n) is 6.81. The summed E-state index contributed by atoms with van der Waals surface area (Å²) in [6.45, 7) is 5.75. The van der Waals surface area contributed by atoms with Crippen LogP contribution in [-0.4, -0.2) is 36.7 Å². The van der Waals surface area contributed by atoms with Gasteiger partial charge in [-0.25, -0.2) is 0 Å². The van der Waals surface area contributed by atoms with Crippen molar-refractivity contribution in [3.8, 4) is 5.75 Å². The van der Waals surface area contributed by atoms with Crippen molar-refractivity contribution in [1.82, 2.24) is 10.2 Å². The van der Waals surface area contributed by atoms with Crippen molar-refractivity contribution in [2.45, 2.75) is 57.2 Å². The Morgan fingerprint density at radius 2 is 2.14 bits per heavy atom. The van der Waals surface area contributed by atoms with E-state index in [0.29, 0.717) is 11.6 Å². The van der Waals surface area contributed by atoms with Crippen LogP contribution in [0.1, 0.15) is 44.6 Å². The summed E-state index contributed by atoms with van der Waals surface area (Å²) in [6, 6.07) is 9.15. The molecule has 1 heterocycles. The van der Waals surface area contributed by atoms with Gasteiger partial charge in [-0.3, -0.25) is 4.90 Å². The van der Waals surface area contributed by atoms with Gasteiger partial charge in [0.25, 0.3) is 0 Å². The molecule has 1 saturated heterocycles. The van der Waals surface area contributed by atoms with E-state index in [1.165, 1.54) is 44.2 Å². The second kappa shape index (κ2) is 6.37. The number of hydrogen-bond acceptors (Lipinski definition) is 3. The Bertz CT molecular complexity index is 468. The maximum absolute atomic E-state index is 5.36. The number of benzene rings is 1. The van der Waals surface area contributed by atoms with Gasteiger partial charge in [-0.2, -0.15) is 0 Å². The lowest BCUT2D eigenvalue weighted by Gasteiger charge is -2.35. The Balaban J connectivity index is 1.74. The van der Waals surface area contributed by atoms with Gasteiger partial charge in [0.1, 0.15) is 5.75 Å². The van der Waals surface area contributed by atoms with Crippen molar-refractivity contribution in [3.63, 3.8) is 0 Å².